The van der Waals surface area contributed by atoms with Gasteiger partial charge in [-0.3, -0.25) is 0 Å². The van der Waals surface area contributed by atoms with Gasteiger partial charge in [0.1, 0.15) is 6.10 Å². The summed E-state index contributed by atoms with van der Waals surface area (Å²) in [5.74, 6) is 1.29. The number of aryl methyl sites for hydroxylation is 2. The molecule has 0 radical (unpaired) electrons. The molecule has 2 aromatic rings. The molecule has 1 aromatic heterocycles. The molecule has 0 bridgehead atoms. The van der Waals surface area contributed by atoms with E-state index in [0.29, 0.717) is 11.5 Å². The third-order valence-corrected chi connectivity index (χ3v) is 4.08. The number of hydrogen-bond acceptors (Lipinski definition) is 4. The van der Waals surface area contributed by atoms with Crippen LogP contribution in [0, 0.1) is 13.8 Å². The van der Waals surface area contributed by atoms with Crippen molar-refractivity contribution in [2.45, 2.75) is 20.0 Å². The van der Waals surface area contributed by atoms with E-state index in [2.05, 4.69) is 0 Å². The maximum Gasteiger partial charge on any atom is 0.161 e. The van der Waals surface area contributed by atoms with Crippen LogP contribution in [0.1, 0.15) is 27.0 Å². The molecule has 3 nitrogen and oxygen atoms in total. The van der Waals surface area contributed by atoms with Crippen LogP contribution in [0.3, 0.4) is 0 Å². The van der Waals surface area contributed by atoms with E-state index in [1.54, 1.807) is 25.6 Å². The van der Waals surface area contributed by atoms with Crippen LogP contribution >= 0.6 is 11.3 Å². The second-order valence-electron chi connectivity index (χ2n) is 4.39. The number of benzene rings is 1. The summed E-state index contributed by atoms with van der Waals surface area (Å²) in [6, 6.07) is 7.52. The zero-order chi connectivity index (χ0) is 14.0. The fraction of sp³-hybridized carbons (Fsp3) is 0.333. The molecule has 1 heterocycles. The molecule has 1 aromatic carbocycles. The summed E-state index contributed by atoms with van der Waals surface area (Å²) >= 11 is 1.69. The third-order valence-electron chi connectivity index (χ3n) is 3.10. The number of aliphatic hydroxyl groups is 1. The molecule has 0 aliphatic heterocycles. The van der Waals surface area contributed by atoms with E-state index in [9.17, 15) is 5.11 Å². The number of ether oxygens (including phenoxy) is 2. The lowest BCUT2D eigenvalue weighted by molar-refractivity contribution is 0.219. The van der Waals surface area contributed by atoms with Crippen LogP contribution in [0.5, 0.6) is 11.5 Å². The first-order valence-corrected chi connectivity index (χ1v) is 6.85. The minimum atomic E-state index is -0.634. The van der Waals surface area contributed by atoms with Gasteiger partial charge in [-0.25, -0.2) is 0 Å². The molecule has 0 saturated heterocycles. The molecule has 0 amide bonds. The van der Waals surface area contributed by atoms with Gasteiger partial charge in [-0.2, -0.15) is 0 Å². The Hall–Kier alpha value is -1.52. The minimum absolute atomic E-state index is 0.628. The number of rotatable bonds is 4. The van der Waals surface area contributed by atoms with Gasteiger partial charge < -0.3 is 14.6 Å². The van der Waals surface area contributed by atoms with Crippen molar-refractivity contribution in [3.05, 3.63) is 45.1 Å². The Bertz CT molecular complexity index is 575. The molecule has 4 heteroatoms. The summed E-state index contributed by atoms with van der Waals surface area (Å²) in [6.07, 6.45) is -0.634. The van der Waals surface area contributed by atoms with E-state index >= 15 is 0 Å². The molecule has 1 atom stereocenters. The van der Waals surface area contributed by atoms with Crippen LogP contribution in [-0.2, 0) is 0 Å². The van der Waals surface area contributed by atoms with E-state index in [1.165, 1.54) is 4.88 Å². The number of methoxy groups -OCH3 is 2. The van der Waals surface area contributed by atoms with Crippen molar-refractivity contribution in [2.75, 3.05) is 14.2 Å². The summed E-state index contributed by atoms with van der Waals surface area (Å²) in [7, 11) is 3.19. The predicted molar refractivity (Wildman–Crippen MR) is 77.4 cm³/mol. The van der Waals surface area contributed by atoms with Gasteiger partial charge in [0.25, 0.3) is 0 Å². The summed E-state index contributed by atoms with van der Waals surface area (Å²) in [5, 5.41) is 10.5. The molecule has 0 fully saturated rings. The van der Waals surface area contributed by atoms with Crippen molar-refractivity contribution in [3.8, 4) is 11.5 Å². The molecule has 0 saturated carbocycles. The Labute approximate surface area is 117 Å². The van der Waals surface area contributed by atoms with E-state index in [-0.39, 0.29) is 0 Å². The lowest BCUT2D eigenvalue weighted by Gasteiger charge is -2.14. The maximum absolute atomic E-state index is 10.5. The first-order valence-electron chi connectivity index (χ1n) is 6.03. The predicted octanol–water partition coefficient (Wildman–Crippen LogP) is 3.46. The van der Waals surface area contributed by atoms with Gasteiger partial charge in [0, 0.05) is 9.75 Å². The van der Waals surface area contributed by atoms with Gasteiger partial charge in [0.2, 0.25) is 0 Å². The minimum Gasteiger partial charge on any atom is -0.493 e. The smallest absolute Gasteiger partial charge is 0.161 e. The summed E-state index contributed by atoms with van der Waals surface area (Å²) in [4.78, 5) is 2.34. The van der Waals surface area contributed by atoms with Crippen molar-refractivity contribution in [1.29, 1.82) is 0 Å². The van der Waals surface area contributed by atoms with Gasteiger partial charge in [0.05, 0.1) is 14.2 Å². The van der Waals surface area contributed by atoms with Crippen LogP contribution in [0.2, 0.25) is 0 Å². The maximum atomic E-state index is 10.5. The van der Waals surface area contributed by atoms with Gasteiger partial charge in [0.15, 0.2) is 11.5 Å². The van der Waals surface area contributed by atoms with Gasteiger partial charge in [-0.15, -0.1) is 11.3 Å². The van der Waals surface area contributed by atoms with Crippen molar-refractivity contribution in [2.24, 2.45) is 0 Å². The molecule has 2 rings (SSSR count). The van der Waals surface area contributed by atoms with Crippen molar-refractivity contribution < 1.29 is 14.6 Å². The van der Waals surface area contributed by atoms with Crippen LogP contribution in [0.25, 0.3) is 0 Å². The fourth-order valence-corrected chi connectivity index (χ4v) is 3.08. The molecule has 0 spiro atoms. The first kappa shape index (κ1) is 13.9. The molecule has 102 valence electrons. The fourth-order valence-electron chi connectivity index (χ4n) is 2.12. The highest BCUT2D eigenvalue weighted by atomic mass is 32.1. The molecule has 0 aliphatic rings. The second-order valence-corrected chi connectivity index (χ2v) is 5.85. The average molecular weight is 278 g/mol. The van der Waals surface area contributed by atoms with Crippen LogP contribution < -0.4 is 9.47 Å². The Kier molecular flexibility index (Phi) is 4.12. The topological polar surface area (TPSA) is 38.7 Å². The standard InChI is InChI=1S/C15H18O3S/c1-9-7-12(10(2)19-9)15(16)11-5-6-13(17-3)14(8-11)18-4/h5-8,15-16H,1-4H3. The van der Waals surface area contributed by atoms with E-state index in [0.717, 1.165) is 16.0 Å². The first-order chi connectivity index (χ1) is 9.06. The second kappa shape index (κ2) is 5.63. The molecule has 0 aliphatic carbocycles. The zero-order valence-electron chi connectivity index (χ0n) is 11.6. The molecular weight excluding hydrogens is 260 g/mol. The largest absolute Gasteiger partial charge is 0.493 e. The van der Waals surface area contributed by atoms with Crippen LogP contribution in [0.4, 0.5) is 0 Å². The molecule has 1 unspecified atom stereocenters. The number of aliphatic hydroxyl groups excluding tert-OH is 1. The van der Waals surface area contributed by atoms with Crippen molar-refractivity contribution >= 4 is 11.3 Å². The summed E-state index contributed by atoms with van der Waals surface area (Å²) in [6.45, 7) is 4.07. The Morgan fingerprint density at radius 2 is 1.74 bits per heavy atom. The van der Waals surface area contributed by atoms with Crippen molar-refractivity contribution in [1.82, 2.24) is 0 Å². The van der Waals surface area contributed by atoms with Gasteiger partial charge in [-0.05, 0) is 43.2 Å². The highest BCUT2D eigenvalue weighted by Gasteiger charge is 2.17. The number of thiophene rings is 1. The Morgan fingerprint density at radius 3 is 2.26 bits per heavy atom. The van der Waals surface area contributed by atoms with Crippen LogP contribution in [-0.4, -0.2) is 19.3 Å². The van der Waals surface area contributed by atoms with E-state index in [1.807, 2.05) is 38.1 Å². The van der Waals surface area contributed by atoms with Gasteiger partial charge >= 0.3 is 0 Å². The quantitative estimate of drug-likeness (QED) is 0.930. The third kappa shape index (κ3) is 2.74. The number of hydrogen-bond donors (Lipinski definition) is 1. The average Bonchev–Trinajstić information content (AvgIpc) is 2.76. The zero-order valence-corrected chi connectivity index (χ0v) is 12.4. The summed E-state index contributed by atoms with van der Waals surface area (Å²) in [5.41, 5.74) is 1.76. The van der Waals surface area contributed by atoms with E-state index in [4.69, 9.17) is 9.47 Å². The van der Waals surface area contributed by atoms with Crippen LogP contribution in [0.15, 0.2) is 24.3 Å². The normalized spacial score (nSPS) is 12.3. The Balaban J connectivity index is 2.39. The molecule has 1 N–H and O–H groups in total. The highest BCUT2D eigenvalue weighted by Crippen LogP contribution is 2.35. The molecule has 19 heavy (non-hydrogen) atoms. The van der Waals surface area contributed by atoms with E-state index < -0.39 is 6.10 Å². The lowest BCUT2D eigenvalue weighted by atomic mass is 10.0. The lowest BCUT2D eigenvalue weighted by Crippen LogP contribution is -2.01. The van der Waals surface area contributed by atoms with Crippen molar-refractivity contribution in [3.63, 3.8) is 0 Å². The SMILES string of the molecule is COc1ccc(C(O)c2cc(C)sc2C)cc1OC. The monoisotopic (exact) mass is 278 g/mol. The molecular formula is C15H18O3S. The summed E-state index contributed by atoms with van der Waals surface area (Å²) < 4.78 is 10.5. The highest BCUT2D eigenvalue weighted by molar-refractivity contribution is 7.12. The Morgan fingerprint density at radius 1 is 1.05 bits per heavy atom. The van der Waals surface area contributed by atoms with Gasteiger partial charge in [-0.1, -0.05) is 6.07 Å².